The fourth-order valence-corrected chi connectivity index (χ4v) is 2.75. The molecule has 1 aliphatic heterocycles. The Morgan fingerprint density at radius 1 is 1.25 bits per heavy atom. The van der Waals surface area contributed by atoms with E-state index in [2.05, 4.69) is 43.8 Å². The minimum Gasteiger partial charge on any atom is -0.354 e. The first kappa shape index (κ1) is 18.2. The van der Waals surface area contributed by atoms with Gasteiger partial charge < -0.3 is 19.7 Å². The molecule has 0 unspecified atom stereocenters. The monoisotopic (exact) mass is 335 g/mol. The van der Waals surface area contributed by atoms with Gasteiger partial charge in [0.1, 0.15) is 12.2 Å². The van der Waals surface area contributed by atoms with Crippen LogP contribution in [0.1, 0.15) is 33.0 Å². The van der Waals surface area contributed by atoms with Crippen LogP contribution in [0.3, 0.4) is 0 Å². The summed E-state index contributed by atoms with van der Waals surface area (Å²) in [5, 5.41) is 11.5. The average Bonchev–Trinajstić information content (AvgIpc) is 3.05. The third kappa shape index (κ3) is 4.94. The zero-order chi connectivity index (χ0) is 17.4. The van der Waals surface area contributed by atoms with Gasteiger partial charge in [0, 0.05) is 59.2 Å². The first-order valence-corrected chi connectivity index (χ1v) is 8.81. The van der Waals surface area contributed by atoms with Gasteiger partial charge in [-0.05, 0) is 6.42 Å². The highest BCUT2D eigenvalue weighted by atomic mass is 16.2. The minimum absolute atomic E-state index is 0.148. The van der Waals surface area contributed by atoms with Gasteiger partial charge in [-0.25, -0.2) is 0 Å². The number of rotatable bonds is 6. The van der Waals surface area contributed by atoms with E-state index in [1.165, 1.54) is 0 Å². The summed E-state index contributed by atoms with van der Waals surface area (Å²) in [7, 11) is 0. The van der Waals surface area contributed by atoms with Gasteiger partial charge in [-0.1, -0.05) is 13.8 Å². The molecule has 1 aliphatic rings. The molecule has 8 heteroatoms. The van der Waals surface area contributed by atoms with Gasteiger partial charge in [0.15, 0.2) is 5.96 Å². The summed E-state index contributed by atoms with van der Waals surface area (Å²) in [6.07, 6.45) is 3.67. The topological polar surface area (TPSA) is 78.7 Å². The highest BCUT2D eigenvalue weighted by Gasteiger charge is 2.20. The third-order valence-corrected chi connectivity index (χ3v) is 4.16. The van der Waals surface area contributed by atoms with Gasteiger partial charge >= 0.3 is 0 Å². The fraction of sp³-hybridized carbons (Fsp3) is 0.750. The minimum atomic E-state index is 0.148. The highest BCUT2D eigenvalue weighted by molar-refractivity contribution is 5.80. The number of aliphatic imine (C=N–C) groups is 1. The molecule has 8 nitrogen and oxygen atoms in total. The lowest BCUT2D eigenvalue weighted by Gasteiger charge is -2.36. The largest absolute Gasteiger partial charge is 0.354 e. The first-order chi connectivity index (χ1) is 11.7. The molecule has 0 saturated carbocycles. The predicted molar refractivity (Wildman–Crippen MR) is 93.8 cm³/mol. The van der Waals surface area contributed by atoms with Gasteiger partial charge in [0.2, 0.25) is 5.91 Å². The van der Waals surface area contributed by atoms with E-state index >= 15 is 0 Å². The molecule has 0 radical (unpaired) electrons. The number of hydrogen-bond acceptors (Lipinski definition) is 4. The first-order valence-electron chi connectivity index (χ1n) is 8.81. The number of nitrogens with one attached hydrogen (secondary N) is 1. The number of carbonyl (C=O) groups excluding carboxylic acids is 1. The SMILES string of the molecule is CCCN=C(NCCn1cnnc1CC)N1CCN(C(C)=O)CC1. The van der Waals surface area contributed by atoms with E-state index in [-0.39, 0.29) is 5.91 Å². The molecule has 2 rings (SSSR count). The van der Waals surface area contributed by atoms with E-state index in [1.807, 2.05) is 4.90 Å². The van der Waals surface area contributed by atoms with Crippen LogP contribution in [0.15, 0.2) is 11.3 Å². The van der Waals surface area contributed by atoms with Crippen LogP contribution in [0.5, 0.6) is 0 Å². The highest BCUT2D eigenvalue weighted by Crippen LogP contribution is 2.03. The molecule has 24 heavy (non-hydrogen) atoms. The normalized spacial score (nSPS) is 15.7. The van der Waals surface area contributed by atoms with Crippen molar-refractivity contribution in [1.82, 2.24) is 29.9 Å². The maximum Gasteiger partial charge on any atom is 0.219 e. The number of hydrogen-bond donors (Lipinski definition) is 1. The number of amides is 1. The predicted octanol–water partition coefficient (Wildman–Crippen LogP) is 0.360. The van der Waals surface area contributed by atoms with Crippen LogP contribution < -0.4 is 5.32 Å². The van der Waals surface area contributed by atoms with Gasteiger partial charge in [-0.15, -0.1) is 10.2 Å². The van der Waals surface area contributed by atoms with Crippen LogP contribution in [-0.4, -0.2) is 75.7 Å². The van der Waals surface area contributed by atoms with Crippen molar-refractivity contribution in [2.75, 3.05) is 39.3 Å². The Morgan fingerprint density at radius 3 is 2.58 bits per heavy atom. The Kier molecular flexibility index (Phi) is 7.02. The maximum absolute atomic E-state index is 11.5. The molecule has 2 heterocycles. The molecular weight excluding hydrogens is 306 g/mol. The molecular formula is C16H29N7O. The Balaban J connectivity index is 1.88. The van der Waals surface area contributed by atoms with Crippen LogP contribution in [0.2, 0.25) is 0 Å². The number of aromatic nitrogens is 3. The number of nitrogens with zero attached hydrogens (tertiary/aromatic N) is 6. The fourth-order valence-electron chi connectivity index (χ4n) is 2.75. The summed E-state index contributed by atoms with van der Waals surface area (Å²) in [6, 6.07) is 0. The molecule has 1 aromatic rings. The molecule has 1 saturated heterocycles. The van der Waals surface area contributed by atoms with Crippen molar-refractivity contribution in [3.63, 3.8) is 0 Å². The van der Waals surface area contributed by atoms with Crippen LogP contribution in [-0.2, 0) is 17.8 Å². The van der Waals surface area contributed by atoms with E-state index in [1.54, 1.807) is 13.3 Å². The molecule has 1 N–H and O–H groups in total. The van der Waals surface area contributed by atoms with Crippen molar-refractivity contribution in [3.8, 4) is 0 Å². The van der Waals surface area contributed by atoms with Crippen molar-refractivity contribution in [1.29, 1.82) is 0 Å². The second-order valence-corrected chi connectivity index (χ2v) is 5.92. The Bertz CT molecular complexity index is 546. The average molecular weight is 335 g/mol. The molecule has 1 amide bonds. The van der Waals surface area contributed by atoms with Gasteiger partial charge in [0.05, 0.1) is 0 Å². The number of aryl methyl sites for hydroxylation is 1. The number of guanidine groups is 1. The summed E-state index contributed by atoms with van der Waals surface area (Å²) < 4.78 is 2.07. The van der Waals surface area contributed by atoms with Crippen molar-refractivity contribution >= 4 is 11.9 Å². The summed E-state index contributed by atoms with van der Waals surface area (Å²) >= 11 is 0. The van der Waals surface area contributed by atoms with Crippen LogP contribution in [0.25, 0.3) is 0 Å². The number of piperazine rings is 1. The maximum atomic E-state index is 11.5. The molecule has 1 aromatic heterocycles. The lowest BCUT2D eigenvalue weighted by Crippen LogP contribution is -2.53. The van der Waals surface area contributed by atoms with Gasteiger partial charge in [-0.3, -0.25) is 9.79 Å². The van der Waals surface area contributed by atoms with Crippen molar-refractivity contribution in [2.24, 2.45) is 4.99 Å². The van der Waals surface area contributed by atoms with E-state index in [0.29, 0.717) is 0 Å². The summed E-state index contributed by atoms with van der Waals surface area (Å²) in [6.45, 7) is 11.4. The van der Waals surface area contributed by atoms with Crippen LogP contribution in [0.4, 0.5) is 0 Å². The Hall–Kier alpha value is -2.12. The smallest absolute Gasteiger partial charge is 0.219 e. The molecule has 1 fully saturated rings. The number of carbonyl (C=O) groups is 1. The van der Waals surface area contributed by atoms with E-state index in [0.717, 1.165) is 70.4 Å². The zero-order valence-corrected chi connectivity index (χ0v) is 15.0. The molecule has 0 atom stereocenters. The standard InChI is InChI=1S/C16H29N7O/c1-4-6-17-16(22-11-9-21(10-12-22)14(3)24)18-7-8-23-13-19-20-15(23)5-2/h13H,4-12H2,1-3H3,(H,17,18). The molecule has 0 aliphatic carbocycles. The van der Waals surface area contributed by atoms with E-state index in [9.17, 15) is 4.79 Å². The van der Waals surface area contributed by atoms with Gasteiger partial charge in [-0.2, -0.15) is 0 Å². The van der Waals surface area contributed by atoms with Crippen molar-refractivity contribution in [2.45, 2.75) is 40.2 Å². The summed E-state index contributed by atoms with van der Waals surface area (Å²) in [5.41, 5.74) is 0. The van der Waals surface area contributed by atoms with Crippen LogP contribution in [0, 0.1) is 0 Å². The quantitative estimate of drug-likeness (QED) is 0.600. The summed E-state index contributed by atoms with van der Waals surface area (Å²) in [4.78, 5) is 20.3. The van der Waals surface area contributed by atoms with Crippen molar-refractivity contribution in [3.05, 3.63) is 12.2 Å². The molecule has 0 bridgehead atoms. The molecule has 0 spiro atoms. The Morgan fingerprint density at radius 2 is 1.96 bits per heavy atom. The van der Waals surface area contributed by atoms with E-state index < -0.39 is 0 Å². The van der Waals surface area contributed by atoms with Crippen LogP contribution >= 0.6 is 0 Å². The van der Waals surface area contributed by atoms with Gasteiger partial charge in [0.25, 0.3) is 0 Å². The lowest BCUT2D eigenvalue weighted by atomic mass is 10.3. The molecule has 134 valence electrons. The third-order valence-electron chi connectivity index (χ3n) is 4.16. The Labute approximate surface area is 143 Å². The summed E-state index contributed by atoms with van der Waals surface area (Å²) in [5.74, 6) is 2.08. The second kappa shape index (κ2) is 9.24. The zero-order valence-electron chi connectivity index (χ0n) is 15.0. The lowest BCUT2D eigenvalue weighted by molar-refractivity contribution is -0.130. The molecule has 0 aromatic carbocycles. The second-order valence-electron chi connectivity index (χ2n) is 5.92. The van der Waals surface area contributed by atoms with E-state index in [4.69, 9.17) is 0 Å². The van der Waals surface area contributed by atoms with Crippen molar-refractivity contribution < 1.29 is 4.79 Å².